The molecule has 0 saturated carbocycles. The molecule has 0 spiro atoms. The minimum absolute atomic E-state index is 0.0743. The molecule has 0 aromatic heterocycles. The van der Waals surface area contributed by atoms with Crippen molar-refractivity contribution in [2.45, 2.75) is 0 Å². The topological polar surface area (TPSA) is 132 Å². The lowest BCUT2D eigenvalue weighted by Crippen LogP contribution is -2.32. The number of aliphatic imine (C=N–C) groups is 2. The first-order valence-electron chi connectivity index (χ1n) is 6.10. The third-order valence-corrected chi connectivity index (χ3v) is 2.77. The average Bonchev–Trinajstić information content (AvgIpc) is 2.37. The van der Waals surface area contributed by atoms with Crippen molar-refractivity contribution in [3.63, 3.8) is 0 Å². The van der Waals surface area contributed by atoms with Gasteiger partial charge in [-0.3, -0.25) is 9.98 Å². The van der Waals surface area contributed by atoms with Gasteiger partial charge in [-0.25, -0.2) is 0 Å². The normalized spacial score (nSPS) is 9.85. The lowest BCUT2D eigenvalue weighted by atomic mass is 10.3. The Bertz CT molecular complexity index is 439. The number of nitrogens with two attached hydrogens (primary N) is 4. The van der Waals surface area contributed by atoms with Gasteiger partial charge in [0.1, 0.15) is 0 Å². The quantitative estimate of drug-likeness (QED) is 0.405. The molecule has 8 N–H and O–H groups in total. The van der Waals surface area contributed by atoms with Crippen LogP contribution in [0.1, 0.15) is 0 Å². The summed E-state index contributed by atoms with van der Waals surface area (Å²) >= 11 is 5.88. The highest BCUT2D eigenvalue weighted by Crippen LogP contribution is 2.17. The zero-order valence-electron chi connectivity index (χ0n) is 11.2. The van der Waals surface area contributed by atoms with E-state index in [-0.39, 0.29) is 11.9 Å². The van der Waals surface area contributed by atoms with Crippen molar-refractivity contribution in [2.75, 3.05) is 31.1 Å². The van der Waals surface area contributed by atoms with Crippen molar-refractivity contribution in [2.24, 2.45) is 32.9 Å². The molecule has 0 bridgehead atoms. The number of hydrogen-bond donors (Lipinski definition) is 4. The molecule has 0 radical (unpaired) electrons. The lowest BCUT2D eigenvalue weighted by Gasteiger charge is -2.23. The minimum atomic E-state index is 0.0743. The average molecular weight is 298 g/mol. The van der Waals surface area contributed by atoms with Crippen LogP contribution in [0.4, 0.5) is 5.69 Å². The molecule has 7 nitrogen and oxygen atoms in total. The molecule has 0 aliphatic carbocycles. The van der Waals surface area contributed by atoms with Crippen LogP contribution in [0.3, 0.4) is 0 Å². The molecule has 0 unspecified atom stereocenters. The number of benzene rings is 1. The van der Waals surface area contributed by atoms with Crippen LogP contribution in [0.2, 0.25) is 5.02 Å². The summed E-state index contributed by atoms with van der Waals surface area (Å²) in [6, 6.07) is 7.50. The Labute approximate surface area is 123 Å². The zero-order valence-corrected chi connectivity index (χ0v) is 11.9. The van der Waals surface area contributed by atoms with Gasteiger partial charge in [0.2, 0.25) is 0 Å². The van der Waals surface area contributed by atoms with Gasteiger partial charge < -0.3 is 27.8 Å². The molecule has 0 aliphatic rings. The van der Waals surface area contributed by atoms with Crippen LogP contribution >= 0.6 is 11.6 Å². The van der Waals surface area contributed by atoms with Gasteiger partial charge in [0.15, 0.2) is 11.9 Å². The van der Waals surface area contributed by atoms with E-state index in [9.17, 15) is 0 Å². The highest BCUT2D eigenvalue weighted by Gasteiger charge is 2.05. The van der Waals surface area contributed by atoms with E-state index >= 15 is 0 Å². The largest absolute Gasteiger partial charge is 0.370 e. The van der Waals surface area contributed by atoms with Gasteiger partial charge in [-0.15, -0.1) is 0 Å². The predicted molar refractivity (Wildman–Crippen MR) is 85.0 cm³/mol. The number of anilines is 1. The molecule has 1 rings (SSSR count). The molecule has 0 amide bonds. The molecule has 0 heterocycles. The number of halogens is 1. The van der Waals surface area contributed by atoms with Crippen molar-refractivity contribution in [1.29, 1.82) is 0 Å². The first-order valence-corrected chi connectivity index (χ1v) is 6.48. The Kier molecular flexibility index (Phi) is 6.45. The van der Waals surface area contributed by atoms with Gasteiger partial charge >= 0.3 is 0 Å². The third-order valence-electron chi connectivity index (χ3n) is 2.52. The molecule has 8 heteroatoms. The molecule has 0 fully saturated rings. The molecule has 1 aromatic rings. The molecular formula is C12H20ClN7. The van der Waals surface area contributed by atoms with Gasteiger partial charge in [0.05, 0.1) is 13.1 Å². The summed E-state index contributed by atoms with van der Waals surface area (Å²) in [5.41, 5.74) is 22.3. The van der Waals surface area contributed by atoms with E-state index in [1.807, 2.05) is 24.3 Å². The second-order valence-electron chi connectivity index (χ2n) is 4.08. The summed E-state index contributed by atoms with van der Waals surface area (Å²) in [6.45, 7) is 2.29. The van der Waals surface area contributed by atoms with Crippen LogP contribution in [0.5, 0.6) is 0 Å². The highest BCUT2D eigenvalue weighted by molar-refractivity contribution is 6.30. The standard InChI is InChI=1S/C12H20ClN7/c13-9-1-3-10(4-2-9)20(7-5-18-11(14)15)8-6-19-12(16)17/h1-4H,5-8H2,(H4,14,15,18)(H4,16,17,19). The number of hydrogen-bond acceptors (Lipinski definition) is 3. The van der Waals surface area contributed by atoms with Crippen molar-refractivity contribution in [1.82, 2.24) is 0 Å². The monoisotopic (exact) mass is 297 g/mol. The maximum Gasteiger partial charge on any atom is 0.185 e. The van der Waals surface area contributed by atoms with Gasteiger partial charge in [-0.05, 0) is 24.3 Å². The summed E-state index contributed by atoms with van der Waals surface area (Å²) in [6.07, 6.45) is 0. The van der Waals surface area contributed by atoms with Crippen LogP contribution in [-0.4, -0.2) is 38.1 Å². The molecule has 110 valence electrons. The Morgan fingerprint density at radius 3 is 1.75 bits per heavy atom. The van der Waals surface area contributed by atoms with E-state index in [0.29, 0.717) is 31.2 Å². The molecule has 20 heavy (non-hydrogen) atoms. The maximum absolute atomic E-state index is 5.88. The fourth-order valence-electron chi connectivity index (χ4n) is 1.62. The first-order chi connectivity index (χ1) is 9.49. The first kappa shape index (κ1) is 15.9. The number of nitrogens with zero attached hydrogens (tertiary/aromatic N) is 3. The van der Waals surface area contributed by atoms with Gasteiger partial charge in [0, 0.05) is 23.8 Å². The van der Waals surface area contributed by atoms with E-state index in [0.717, 1.165) is 5.69 Å². The maximum atomic E-state index is 5.88. The summed E-state index contributed by atoms with van der Waals surface area (Å²) < 4.78 is 0. The smallest absolute Gasteiger partial charge is 0.185 e. The van der Waals surface area contributed by atoms with Crippen LogP contribution in [0, 0.1) is 0 Å². The third kappa shape index (κ3) is 6.14. The van der Waals surface area contributed by atoms with Gasteiger partial charge in [-0.2, -0.15) is 0 Å². The second-order valence-corrected chi connectivity index (χ2v) is 4.51. The summed E-state index contributed by atoms with van der Waals surface area (Å²) in [5.74, 6) is 0.149. The number of rotatable bonds is 7. The van der Waals surface area contributed by atoms with Crippen LogP contribution in [0.25, 0.3) is 0 Å². The van der Waals surface area contributed by atoms with Crippen molar-refractivity contribution < 1.29 is 0 Å². The lowest BCUT2D eigenvalue weighted by molar-refractivity contribution is 0.782. The molecule has 1 aromatic carbocycles. The zero-order chi connectivity index (χ0) is 15.0. The molecular weight excluding hydrogens is 278 g/mol. The fraction of sp³-hybridized carbons (Fsp3) is 0.333. The summed E-state index contributed by atoms with van der Waals surface area (Å²) in [5, 5.41) is 0.683. The second kappa shape index (κ2) is 8.11. The van der Waals surface area contributed by atoms with E-state index in [2.05, 4.69) is 14.9 Å². The summed E-state index contributed by atoms with van der Waals surface area (Å²) in [4.78, 5) is 10.0. The van der Waals surface area contributed by atoms with Crippen LogP contribution < -0.4 is 27.8 Å². The molecule has 0 atom stereocenters. The van der Waals surface area contributed by atoms with Crippen LogP contribution in [0.15, 0.2) is 34.3 Å². The molecule has 0 saturated heterocycles. The predicted octanol–water partition coefficient (Wildman–Crippen LogP) is -0.307. The fourth-order valence-corrected chi connectivity index (χ4v) is 1.75. The minimum Gasteiger partial charge on any atom is -0.370 e. The molecule has 0 aliphatic heterocycles. The van der Waals surface area contributed by atoms with Gasteiger partial charge in [-0.1, -0.05) is 11.6 Å². The van der Waals surface area contributed by atoms with E-state index < -0.39 is 0 Å². The Morgan fingerprint density at radius 2 is 1.35 bits per heavy atom. The van der Waals surface area contributed by atoms with E-state index in [1.165, 1.54) is 0 Å². The van der Waals surface area contributed by atoms with Crippen LogP contribution in [-0.2, 0) is 0 Å². The Morgan fingerprint density at radius 1 is 0.900 bits per heavy atom. The van der Waals surface area contributed by atoms with Gasteiger partial charge in [0.25, 0.3) is 0 Å². The Balaban J connectivity index is 2.70. The van der Waals surface area contributed by atoms with E-state index in [1.54, 1.807) is 0 Å². The number of guanidine groups is 2. The Hall–Kier alpha value is -2.15. The summed E-state index contributed by atoms with van der Waals surface area (Å²) in [7, 11) is 0. The SMILES string of the molecule is NC(N)=NCCN(CCN=C(N)N)c1ccc(Cl)cc1. The van der Waals surface area contributed by atoms with Crippen molar-refractivity contribution in [3.05, 3.63) is 29.3 Å². The van der Waals surface area contributed by atoms with Crippen molar-refractivity contribution in [3.8, 4) is 0 Å². The van der Waals surface area contributed by atoms with Crippen molar-refractivity contribution >= 4 is 29.2 Å². The van der Waals surface area contributed by atoms with E-state index in [4.69, 9.17) is 34.5 Å². The highest BCUT2D eigenvalue weighted by atomic mass is 35.5.